The van der Waals surface area contributed by atoms with Crippen LogP contribution in [0.1, 0.15) is 25.5 Å². The van der Waals surface area contributed by atoms with E-state index in [0.717, 1.165) is 19.6 Å². The summed E-state index contributed by atoms with van der Waals surface area (Å²) in [5, 5.41) is 0.547. The van der Waals surface area contributed by atoms with E-state index < -0.39 is 6.04 Å². The third-order valence-corrected chi connectivity index (χ3v) is 5.81. The highest BCUT2D eigenvalue weighted by Gasteiger charge is 2.31. The van der Waals surface area contributed by atoms with Gasteiger partial charge < -0.3 is 4.90 Å². The first kappa shape index (κ1) is 20.3. The Bertz CT molecular complexity index is 1070. The van der Waals surface area contributed by atoms with E-state index in [2.05, 4.69) is 34.1 Å². The number of carbonyl (C=O) groups excluding carboxylic acids is 1. The van der Waals surface area contributed by atoms with Gasteiger partial charge in [-0.2, -0.15) is 0 Å². The lowest BCUT2D eigenvalue weighted by Crippen LogP contribution is -2.51. The first-order chi connectivity index (χ1) is 14.5. The summed E-state index contributed by atoms with van der Waals surface area (Å²) in [5.41, 5.74) is 1.78. The lowest BCUT2D eigenvalue weighted by Gasteiger charge is -2.37. The van der Waals surface area contributed by atoms with Crippen LogP contribution >= 0.6 is 0 Å². The average molecular weight is 405 g/mol. The van der Waals surface area contributed by atoms with Crippen molar-refractivity contribution in [1.29, 1.82) is 0 Å². The molecule has 0 radical (unpaired) electrons. The van der Waals surface area contributed by atoms with Gasteiger partial charge in [-0.1, -0.05) is 56.3 Å². The van der Waals surface area contributed by atoms with Crippen LogP contribution < -0.4 is 5.56 Å². The van der Waals surface area contributed by atoms with Crippen molar-refractivity contribution in [3.8, 4) is 0 Å². The molecule has 156 valence electrons. The number of aromatic nitrogens is 2. The number of amides is 1. The lowest BCUT2D eigenvalue weighted by molar-refractivity contribution is -0.138. The normalized spacial score (nSPS) is 16.2. The number of hydrogen-bond acceptors (Lipinski definition) is 4. The van der Waals surface area contributed by atoms with Crippen LogP contribution in [0.2, 0.25) is 0 Å². The van der Waals surface area contributed by atoms with Crippen molar-refractivity contribution in [2.24, 2.45) is 5.92 Å². The highest BCUT2D eigenvalue weighted by Crippen LogP contribution is 2.21. The van der Waals surface area contributed by atoms with Gasteiger partial charge in [0.2, 0.25) is 5.91 Å². The molecule has 0 aliphatic carbocycles. The SMILES string of the molecule is CC(C)[C@H](C(=O)N1CCN(Cc2ccccc2)CC1)n1cnc2ccccc2c1=O. The minimum absolute atomic E-state index is 0.00328. The number of nitrogens with zero attached hydrogens (tertiary/aromatic N) is 4. The Morgan fingerprint density at radius 2 is 1.63 bits per heavy atom. The maximum absolute atomic E-state index is 13.4. The first-order valence-electron chi connectivity index (χ1n) is 10.6. The monoisotopic (exact) mass is 404 g/mol. The predicted molar refractivity (Wildman–Crippen MR) is 118 cm³/mol. The van der Waals surface area contributed by atoms with Crippen LogP contribution in [-0.4, -0.2) is 51.4 Å². The molecule has 1 atom stereocenters. The van der Waals surface area contributed by atoms with E-state index in [1.165, 1.54) is 16.5 Å². The number of para-hydroxylation sites is 1. The summed E-state index contributed by atoms with van der Waals surface area (Å²) in [6.45, 7) is 7.86. The lowest BCUT2D eigenvalue weighted by atomic mass is 10.0. The Balaban J connectivity index is 1.50. The second-order valence-electron chi connectivity index (χ2n) is 8.25. The molecule has 2 aromatic carbocycles. The summed E-state index contributed by atoms with van der Waals surface area (Å²) < 4.78 is 1.52. The summed E-state index contributed by atoms with van der Waals surface area (Å²) >= 11 is 0. The summed E-state index contributed by atoms with van der Waals surface area (Å²) in [6, 6.07) is 17.1. The highest BCUT2D eigenvalue weighted by molar-refractivity contribution is 5.82. The van der Waals surface area contributed by atoms with Crippen molar-refractivity contribution < 1.29 is 4.79 Å². The molecule has 0 saturated carbocycles. The molecule has 1 saturated heterocycles. The number of carbonyl (C=O) groups is 1. The van der Waals surface area contributed by atoms with Crippen LogP contribution in [0.15, 0.2) is 65.7 Å². The van der Waals surface area contributed by atoms with Crippen molar-refractivity contribution >= 4 is 16.8 Å². The van der Waals surface area contributed by atoms with Crippen LogP contribution in [0.3, 0.4) is 0 Å². The Morgan fingerprint density at radius 1 is 0.967 bits per heavy atom. The Morgan fingerprint density at radius 3 is 2.33 bits per heavy atom. The molecule has 0 bridgehead atoms. The smallest absolute Gasteiger partial charge is 0.261 e. The fourth-order valence-corrected chi connectivity index (χ4v) is 4.16. The Hall–Kier alpha value is -2.99. The van der Waals surface area contributed by atoms with Crippen LogP contribution in [0.4, 0.5) is 0 Å². The van der Waals surface area contributed by atoms with Crippen molar-refractivity contribution in [3.63, 3.8) is 0 Å². The summed E-state index contributed by atoms with van der Waals surface area (Å²) in [7, 11) is 0. The molecule has 30 heavy (non-hydrogen) atoms. The summed E-state index contributed by atoms with van der Waals surface area (Å²) in [6.07, 6.45) is 1.53. The van der Waals surface area contributed by atoms with Gasteiger partial charge in [0.25, 0.3) is 5.56 Å². The van der Waals surface area contributed by atoms with Gasteiger partial charge in [0.1, 0.15) is 6.04 Å². The van der Waals surface area contributed by atoms with Crippen LogP contribution in [0, 0.1) is 5.92 Å². The molecule has 0 N–H and O–H groups in total. The van der Waals surface area contributed by atoms with Gasteiger partial charge in [-0.15, -0.1) is 0 Å². The van der Waals surface area contributed by atoms with Gasteiger partial charge in [0, 0.05) is 32.7 Å². The van der Waals surface area contributed by atoms with Crippen molar-refractivity contribution in [2.45, 2.75) is 26.4 Å². The maximum Gasteiger partial charge on any atom is 0.261 e. The number of benzene rings is 2. The van der Waals surface area contributed by atoms with Crippen LogP contribution in [0.5, 0.6) is 0 Å². The van der Waals surface area contributed by atoms with Gasteiger partial charge in [0.05, 0.1) is 17.2 Å². The molecular formula is C24H28N4O2. The van der Waals surface area contributed by atoms with Crippen LogP contribution in [0.25, 0.3) is 10.9 Å². The Kier molecular flexibility index (Phi) is 5.95. The van der Waals surface area contributed by atoms with Crippen LogP contribution in [-0.2, 0) is 11.3 Å². The molecule has 2 heterocycles. The molecule has 1 aromatic heterocycles. The number of rotatable bonds is 5. The van der Waals surface area contributed by atoms with E-state index in [0.29, 0.717) is 24.0 Å². The van der Waals surface area contributed by atoms with E-state index in [-0.39, 0.29) is 17.4 Å². The number of fused-ring (bicyclic) bond motifs is 1. The molecule has 6 heteroatoms. The minimum Gasteiger partial charge on any atom is -0.338 e. The van der Waals surface area contributed by atoms with Gasteiger partial charge in [0.15, 0.2) is 0 Å². The molecule has 1 fully saturated rings. The van der Waals surface area contributed by atoms with Crippen molar-refractivity contribution in [3.05, 3.63) is 76.8 Å². The molecule has 0 unspecified atom stereocenters. The molecule has 6 nitrogen and oxygen atoms in total. The second kappa shape index (κ2) is 8.79. The zero-order chi connectivity index (χ0) is 21.1. The van der Waals surface area contributed by atoms with E-state index in [1.54, 1.807) is 6.07 Å². The van der Waals surface area contributed by atoms with Crippen molar-refractivity contribution in [1.82, 2.24) is 19.4 Å². The number of piperazine rings is 1. The number of hydrogen-bond donors (Lipinski definition) is 0. The van der Waals surface area contributed by atoms with E-state index in [1.807, 2.05) is 43.0 Å². The fourth-order valence-electron chi connectivity index (χ4n) is 4.16. The minimum atomic E-state index is -0.546. The second-order valence-corrected chi connectivity index (χ2v) is 8.25. The largest absolute Gasteiger partial charge is 0.338 e. The third-order valence-electron chi connectivity index (χ3n) is 5.81. The zero-order valence-corrected chi connectivity index (χ0v) is 17.6. The summed E-state index contributed by atoms with van der Waals surface area (Å²) in [5.74, 6) is -0.0101. The van der Waals surface area contributed by atoms with Gasteiger partial charge in [-0.3, -0.25) is 19.1 Å². The first-order valence-corrected chi connectivity index (χ1v) is 10.6. The third kappa shape index (κ3) is 4.14. The van der Waals surface area contributed by atoms with Gasteiger partial charge in [-0.25, -0.2) is 4.98 Å². The molecule has 1 aliphatic heterocycles. The summed E-state index contributed by atoms with van der Waals surface area (Å²) in [4.78, 5) is 35.2. The molecule has 1 amide bonds. The zero-order valence-electron chi connectivity index (χ0n) is 17.6. The quantitative estimate of drug-likeness (QED) is 0.656. The molecule has 1 aliphatic rings. The maximum atomic E-state index is 13.4. The average Bonchev–Trinajstić information content (AvgIpc) is 2.76. The van der Waals surface area contributed by atoms with E-state index >= 15 is 0 Å². The van der Waals surface area contributed by atoms with E-state index in [9.17, 15) is 9.59 Å². The van der Waals surface area contributed by atoms with E-state index in [4.69, 9.17) is 0 Å². The standard InChI is InChI=1S/C24H28N4O2/c1-18(2)22(28-17-25-21-11-7-6-10-20(21)23(28)29)24(30)27-14-12-26(13-15-27)16-19-8-4-3-5-9-19/h3-11,17-18,22H,12-16H2,1-2H3/t22-/m1/s1. The predicted octanol–water partition coefficient (Wildman–Crippen LogP) is 2.94. The Labute approximate surface area is 176 Å². The molecule has 0 spiro atoms. The molecular weight excluding hydrogens is 376 g/mol. The molecule has 4 rings (SSSR count). The highest BCUT2D eigenvalue weighted by atomic mass is 16.2. The topological polar surface area (TPSA) is 58.4 Å². The fraction of sp³-hybridized carbons (Fsp3) is 0.375. The van der Waals surface area contributed by atoms with Crippen molar-refractivity contribution in [2.75, 3.05) is 26.2 Å². The van der Waals surface area contributed by atoms with Gasteiger partial charge >= 0.3 is 0 Å². The molecule has 3 aromatic rings. The van der Waals surface area contributed by atoms with Gasteiger partial charge in [-0.05, 0) is 23.6 Å².